The predicted molar refractivity (Wildman–Crippen MR) is 60.0 cm³/mol. The molecule has 0 unspecified atom stereocenters. The van der Waals surface area contributed by atoms with Gasteiger partial charge in [0.05, 0.1) is 0 Å². The number of hydrogen-bond donors (Lipinski definition) is 2. The van der Waals surface area contributed by atoms with Crippen molar-refractivity contribution < 1.29 is 4.79 Å². The Labute approximate surface area is 87.4 Å². The Balaban J connectivity index is 3.80. The first kappa shape index (κ1) is 13.4. The van der Waals surface area contributed by atoms with E-state index in [0.29, 0.717) is 13.0 Å². The molecule has 0 bridgehead atoms. The minimum absolute atomic E-state index is 0.0280. The number of amides is 1. The Bertz CT molecular complexity index is 165. The fourth-order valence-corrected chi connectivity index (χ4v) is 1.26. The Morgan fingerprint density at radius 3 is 2.29 bits per heavy atom. The lowest BCUT2D eigenvalue weighted by Gasteiger charge is -2.28. The van der Waals surface area contributed by atoms with E-state index in [2.05, 4.69) is 26.1 Å². The Hall–Kier alpha value is -0.570. The van der Waals surface area contributed by atoms with E-state index in [1.165, 1.54) is 0 Å². The number of carbonyl (C=O) groups excluding carboxylic acids is 1. The molecular weight excluding hydrogens is 176 g/mol. The predicted octanol–water partition coefficient (Wildman–Crippen LogP) is 1.81. The lowest BCUT2D eigenvalue weighted by atomic mass is 9.95. The van der Waals surface area contributed by atoms with Crippen LogP contribution in [0.3, 0.4) is 0 Å². The van der Waals surface area contributed by atoms with Gasteiger partial charge in [-0.05, 0) is 39.2 Å². The van der Waals surface area contributed by atoms with E-state index < -0.39 is 0 Å². The van der Waals surface area contributed by atoms with Crippen molar-refractivity contribution in [3.63, 3.8) is 0 Å². The second-order valence-electron chi connectivity index (χ2n) is 4.06. The van der Waals surface area contributed by atoms with Crippen molar-refractivity contribution in [1.82, 2.24) is 5.32 Å². The molecule has 0 aliphatic carbocycles. The summed E-state index contributed by atoms with van der Waals surface area (Å²) in [6.45, 7) is 6.97. The van der Waals surface area contributed by atoms with Gasteiger partial charge in [-0.2, -0.15) is 0 Å². The fraction of sp³-hybridized carbons (Fsp3) is 0.909. The molecule has 0 aromatic rings. The van der Waals surface area contributed by atoms with Gasteiger partial charge in [0.25, 0.3) is 0 Å². The van der Waals surface area contributed by atoms with Crippen LogP contribution in [0, 0.1) is 0 Å². The molecule has 0 aliphatic rings. The van der Waals surface area contributed by atoms with Crippen LogP contribution < -0.4 is 11.1 Å². The average Bonchev–Trinajstić information content (AvgIpc) is 2.18. The number of hydrogen-bond acceptors (Lipinski definition) is 2. The van der Waals surface area contributed by atoms with E-state index in [1.807, 2.05) is 0 Å². The summed E-state index contributed by atoms with van der Waals surface area (Å²) in [7, 11) is 0. The van der Waals surface area contributed by atoms with E-state index >= 15 is 0 Å². The Morgan fingerprint density at radius 2 is 1.86 bits per heavy atom. The first-order chi connectivity index (χ1) is 6.58. The molecule has 14 heavy (non-hydrogen) atoms. The highest BCUT2D eigenvalue weighted by Crippen LogP contribution is 2.13. The minimum Gasteiger partial charge on any atom is -0.351 e. The topological polar surface area (TPSA) is 55.1 Å². The van der Waals surface area contributed by atoms with Crippen LogP contribution in [0.25, 0.3) is 0 Å². The summed E-state index contributed by atoms with van der Waals surface area (Å²) >= 11 is 0. The van der Waals surface area contributed by atoms with Crippen LogP contribution in [0.1, 0.15) is 52.9 Å². The van der Waals surface area contributed by atoms with Crippen molar-refractivity contribution in [2.75, 3.05) is 6.54 Å². The van der Waals surface area contributed by atoms with Crippen molar-refractivity contribution in [2.24, 2.45) is 5.73 Å². The number of carbonyl (C=O) groups is 1. The fourth-order valence-electron chi connectivity index (χ4n) is 1.26. The van der Waals surface area contributed by atoms with Crippen LogP contribution in [-0.2, 0) is 4.79 Å². The maximum atomic E-state index is 11.5. The smallest absolute Gasteiger partial charge is 0.220 e. The highest BCUT2D eigenvalue weighted by molar-refractivity contribution is 5.76. The molecule has 1 amide bonds. The van der Waals surface area contributed by atoms with Crippen LogP contribution in [0.2, 0.25) is 0 Å². The van der Waals surface area contributed by atoms with E-state index in [0.717, 1.165) is 25.7 Å². The summed E-state index contributed by atoms with van der Waals surface area (Å²) in [5, 5.41) is 3.07. The highest BCUT2D eigenvalue weighted by Gasteiger charge is 2.20. The van der Waals surface area contributed by atoms with Crippen molar-refractivity contribution in [1.29, 1.82) is 0 Å². The summed E-state index contributed by atoms with van der Waals surface area (Å²) in [6.07, 6.45) is 4.39. The Morgan fingerprint density at radius 1 is 1.29 bits per heavy atom. The normalized spacial score (nSPS) is 11.4. The van der Waals surface area contributed by atoms with Gasteiger partial charge in [0, 0.05) is 12.0 Å². The van der Waals surface area contributed by atoms with E-state index in [9.17, 15) is 4.79 Å². The molecule has 84 valence electrons. The first-order valence-corrected chi connectivity index (χ1v) is 5.59. The second-order valence-corrected chi connectivity index (χ2v) is 4.06. The zero-order valence-electron chi connectivity index (χ0n) is 9.73. The molecule has 0 aliphatic heterocycles. The molecule has 0 rings (SSSR count). The molecule has 0 saturated heterocycles. The molecule has 0 fully saturated rings. The van der Waals surface area contributed by atoms with Gasteiger partial charge in [-0.1, -0.05) is 13.8 Å². The van der Waals surface area contributed by atoms with Gasteiger partial charge >= 0.3 is 0 Å². The largest absolute Gasteiger partial charge is 0.351 e. The summed E-state index contributed by atoms with van der Waals surface area (Å²) in [5.41, 5.74) is 5.33. The Kier molecular flexibility index (Phi) is 6.54. The van der Waals surface area contributed by atoms with Crippen LogP contribution in [-0.4, -0.2) is 18.0 Å². The van der Waals surface area contributed by atoms with Crippen LogP contribution in [0.5, 0.6) is 0 Å². The van der Waals surface area contributed by atoms with Gasteiger partial charge in [0.2, 0.25) is 5.91 Å². The summed E-state index contributed by atoms with van der Waals surface area (Å²) in [4.78, 5) is 11.5. The first-order valence-electron chi connectivity index (χ1n) is 5.59. The van der Waals surface area contributed by atoms with Crippen LogP contribution >= 0.6 is 0 Å². The lowest BCUT2D eigenvalue weighted by Crippen LogP contribution is -2.44. The zero-order valence-corrected chi connectivity index (χ0v) is 9.73. The maximum absolute atomic E-state index is 11.5. The van der Waals surface area contributed by atoms with Crippen molar-refractivity contribution in [2.45, 2.75) is 58.4 Å². The summed E-state index contributed by atoms with van der Waals surface area (Å²) < 4.78 is 0. The molecule has 0 atom stereocenters. The van der Waals surface area contributed by atoms with Crippen molar-refractivity contribution in [3.8, 4) is 0 Å². The molecular formula is C11H24N2O. The minimum atomic E-state index is -0.0280. The van der Waals surface area contributed by atoms with Gasteiger partial charge in [-0.3, -0.25) is 4.79 Å². The van der Waals surface area contributed by atoms with Gasteiger partial charge in [0.15, 0.2) is 0 Å². The molecule has 3 N–H and O–H groups in total. The van der Waals surface area contributed by atoms with Crippen molar-refractivity contribution in [3.05, 3.63) is 0 Å². The monoisotopic (exact) mass is 200 g/mol. The SMILES string of the molecule is CCC(C)(CC)NC(=O)CCCCN. The van der Waals surface area contributed by atoms with Crippen LogP contribution in [0.4, 0.5) is 0 Å². The van der Waals surface area contributed by atoms with Gasteiger partial charge < -0.3 is 11.1 Å². The van der Waals surface area contributed by atoms with Gasteiger partial charge in [0.1, 0.15) is 0 Å². The average molecular weight is 200 g/mol. The third kappa shape index (κ3) is 5.22. The number of nitrogens with two attached hydrogens (primary N) is 1. The van der Waals surface area contributed by atoms with Gasteiger partial charge in [-0.25, -0.2) is 0 Å². The zero-order chi connectivity index (χ0) is 11.0. The molecule has 0 spiro atoms. The summed E-state index contributed by atoms with van der Waals surface area (Å²) in [6, 6.07) is 0. The maximum Gasteiger partial charge on any atom is 0.220 e. The third-order valence-electron chi connectivity index (χ3n) is 2.86. The van der Waals surface area contributed by atoms with E-state index in [1.54, 1.807) is 0 Å². The molecule has 3 nitrogen and oxygen atoms in total. The second kappa shape index (κ2) is 6.82. The van der Waals surface area contributed by atoms with E-state index in [4.69, 9.17) is 5.73 Å². The highest BCUT2D eigenvalue weighted by atomic mass is 16.1. The standard InChI is InChI=1S/C11H24N2O/c1-4-11(3,5-2)13-10(14)8-6-7-9-12/h4-9,12H2,1-3H3,(H,13,14). The quantitative estimate of drug-likeness (QED) is 0.616. The molecule has 0 radical (unpaired) electrons. The molecule has 0 aromatic heterocycles. The van der Waals surface area contributed by atoms with Crippen LogP contribution in [0.15, 0.2) is 0 Å². The molecule has 0 heterocycles. The van der Waals surface area contributed by atoms with Gasteiger partial charge in [-0.15, -0.1) is 0 Å². The van der Waals surface area contributed by atoms with E-state index in [-0.39, 0.29) is 11.4 Å². The number of unbranched alkanes of at least 4 members (excludes halogenated alkanes) is 1. The van der Waals surface area contributed by atoms with Crippen molar-refractivity contribution >= 4 is 5.91 Å². The third-order valence-corrected chi connectivity index (χ3v) is 2.86. The molecule has 0 saturated carbocycles. The molecule has 3 heteroatoms. The number of nitrogens with one attached hydrogen (secondary N) is 1. The molecule has 0 aromatic carbocycles. The lowest BCUT2D eigenvalue weighted by molar-refractivity contribution is -0.123. The number of rotatable bonds is 7. The summed E-state index contributed by atoms with van der Waals surface area (Å²) in [5.74, 6) is 0.157.